The van der Waals surface area contributed by atoms with Crippen LogP contribution in [0.15, 0.2) is 24.8 Å². The summed E-state index contributed by atoms with van der Waals surface area (Å²) in [6.07, 6.45) is 6.75. The van der Waals surface area contributed by atoms with Crippen molar-refractivity contribution in [1.29, 1.82) is 0 Å². The van der Waals surface area contributed by atoms with Crippen molar-refractivity contribution < 1.29 is 4.79 Å². The van der Waals surface area contributed by atoms with Gasteiger partial charge in [0.15, 0.2) is 5.82 Å². The monoisotopic (exact) mass is 338 g/mol. The minimum atomic E-state index is -0.0864. The third kappa shape index (κ3) is 2.77. The predicted molar refractivity (Wildman–Crippen MR) is 90.4 cm³/mol. The standard InChI is InChI=1S/C16H18N8O/c1-11-9-19-13(10-18-11)16(25)23-7-5-22(6-8-23)14-15-21-20-12(2)24(15)4-3-17-14/h3-4,9-10H,5-8H2,1-2H3. The van der Waals surface area contributed by atoms with Crippen molar-refractivity contribution >= 4 is 17.4 Å². The molecule has 1 aliphatic rings. The summed E-state index contributed by atoms with van der Waals surface area (Å²) in [7, 11) is 0. The van der Waals surface area contributed by atoms with Gasteiger partial charge in [0.25, 0.3) is 5.91 Å². The smallest absolute Gasteiger partial charge is 0.274 e. The van der Waals surface area contributed by atoms with Gasteiger partial charge in [0.1, 0.15) is 11.5 Å². The van der Waals surface area contributed by atoms with Gasteiger partial charge in [-0.25, -0.2) is 9.97 Å². The molecule has 1 amide bonds. The van der Waals surface area contributed by atoms with Crippen LogP contribution >= 0.6 is 0 Å². The molecule has 1 saturated heterocycles. The van der Waals surface area contributed by atoms with Crippen molar-refractivity contribution in [2.24, 2.45) is 0 Å². The van der Waals surface area contributed by atoms with Gasteiger partial charge >= 0.3 is 0 Å². The number of nitrogens with zero attached hydrogens (tertiary/aromatic N) is 8. The van der Waals surface area contributed by atoms with Crippen LogP contribution in [0, 0.1) is 13.8 Å². The maximum absolute atomic E-state index is 12.5. The molecule has 3 aromatic rings. The van der Waals surface area contributed by atoms with Gasteiger partial charge in [-0.15, -0.1) is 10.2 Å². The van der Waals surface area contributed by atoms with Crippen LogP contribution in [0.5, 0.6) is 0 Å². The first kappa shape index (κ1) is 15.4. The number of aromatic nitrogens is 6. The second kappa shape index (κ2) is 6.08. The Morgan fingerprint density at radius 3 is 2.52 bits per heavy atom. The summed E-state index contributed by atoms with van der Waals surface area (Å²) in [4.78, 5) is 29.2. The Labute approximate surface area is 144 Å². The first-order valence-corrected chi connectivity index (χ1v) is 8.12. The lowest BCUT2D eigenvalue weighted by Gasteiger charge is -2.35. The highest BCUT2D eigenvalue weighted by Gasteiger charge is 2.25. The minimum absolute atomic E-state index is 0.0864. The first-order valence-electron chi connectivity index (χ1n) is 8.12. The molecule has 1 aliphatic heterocycles. The third-order valence-electron chi connectivity index (χ3n) is 4.35. The number of hydrogen-bond acceptors (Lipinski definition) is 7. The number of rotatable bonds is 2. The molecule has 3 aromatic heterocycles. The molecule has 1 fully saturated rings. The quantitative estimate of drug-likeness (QED) is 0.671. The number of hydrogen-bond donors (Lipinski definition) is 0. The van der Waals surface area contributed by atoms with Crippen LogP contribution in [0.2, 0.25) is 0 Å². The first-order chi connectivity index (χ1) is 12.1. The molecule has 128 valence electrons. The molecule has 0 aromatic carbocycles. The van der Waals surface area contributed by atoms with Crippen LogP contribution in [0.25, 0.3) is 5.65 Å². The van der Waals surface area contributed by atoms with Crippen molar-refractivity contribution in [2.45, 2.75) is 13.8 Å². The van der Waals surface area contributed by atoms with E-state index in [0.29, 0.717) is 31.9 Å². The summed E-state index contributed by atoms with van der Waals surface area (Å²) in [6.45, 7) is 6.32. The largest absolute Gasteiger partial charge is 0.350 e. The number of carbonyl (C=O) groups is 1. The highest BCUT2D eigenvalue weighted by atomic mass is 16.2. The fraction of sp³-hybridized carbons (Fsp3) is 0.375. The maximum Gasteiger partial charge on any atom is 0.274 e. The Balaban J connectivity index is 1.49. The summed E-state index contributed by atoms with van der Waals surface area (Å²) >= 11 is 0. The molecule has 0 unspecified atom stereocenters. The molecule has 0 spiro atoms. The average Bonchev–Trinajstić information content (AvgIpc) is 3.03. The fourth-order valence-electron chi connectivity index (χ4n) is 2.94. The average molecular weight is 338 g/mol. The van der Waals surface area contributed by atoms with Crippen molar-refractivity contribution in [2.75, 3.05) is 31.1 Å². The van der Waals surface area contributed by atoms with Crippen molar-refractivity contribution in [3.05, 3.63) is 42.0 Å². The molecule has 4 rings (SSSR count). The minimum Gasteiger partial charge on any atom is -0.350 e. The molecule has 0 saturated carbocycles. The molecule has 0 aliphatic carbocycles. The summed E-state index contributed by atoms with van der Waals surface area (Å²) in [5, 5.41) is 8.32. The van der Waals surface area contributed by atoms with Crippen molar-refractivity contribution in [3.63, 3.8) is 0 Å². The molecular formula is C16H18N8O. The molecule has 0 radical (unpaired) electrons. The van der Waals surface area contributed by atoms with E-state index in [1.807, 2.05) is 24.4 Å². The highest BCUT2D eigenvalue weighted by molar-refractivity contribution is 5.92. The van der Waals surface area contributed by atoms with Crippen LogP contribution in [0.4, 0.5) is 5.82 Å². The summed E-state index contributed by atoms with van der Waals surface area (Å²) < 4.78 is 1.92. The fourth-order valence-corrected chi connectivity index (χ4v) is 2.94. The van der Waals surface area contributed by atoms with E-state index < -0.39 is 0 Å². The van der Waals surface area contributed by atoms with Crippen molar-refractivity contribution in [3.8, 4) is 0 Å². The number of aryl methyl sites for hydroxylation is 2. The van der Waals surface area contributed by atoms with Gasteiger partial charge in [-0.3, -0.25) is 14.2 Å². The van der Waals surface area contributed by atoms with E-state index in [2.05, 4.69) is 30.0 Å². The van der Waals surface area contributed by atoms with Crippen LogP contribution in [-0.2, 0) is 0 Å². The number of amides is 1. The van der Waals surface area contributed by atoms with Crippen LogP contribution < -0.4 is 4.90 Å². The molecule has 25 heavy (non-hydrogen) atoms. The molecule has 0 N–H and O–H groups in total. The molecule has 0 bridgehead atoms. The van der Waals surface area contributed by atoms with E-state index in [0.717, 1.165) is 23.0 Å². The normalized spacial score (nSPS) is 15.0. The molecule has 4 heterocycles. The van der Waals surface area contributed by atoms with E-state index in [4.69, 9.17) is 0 Å². The van der Waals surface area contributed by atoms with Crippen LogP contribution in [0.3, 0.4) is 0 Å². The van der Waals surface area contributed by atoms with E-state index in [9.17, 15) is 4.79 Å². The van der Waals surface area contributed by atoms with E-state index in [1.54, 1.807) is 17.3 Å². The Morgan fingerprint density at radius 1 is 1.00 bits per heavy atom. The zero-order valence-electron chi connectivity index (χ0n) is 14.1. The summed E-state index contributed by atoms with van der Waals surface area (Å²) in [5.74, 6) is 1.53. The molecule has 0 atom stereocenters. The van der Waals surface area contributed by atoms with Crippen molar-refractivity contribution in [1.82, 2.24) is 34.4 Å². The van der Waals surface area contributed by atoms with Gasteiger partial charge in [0.05, 0.1) is 11.9 Å². The van der Waals surface area contributed by atoms with Crippen LogP contribution in [-0.4, -0.2) is 66.5 Å². The lowest BCUT2D eigenvalue weighted by Crippen LogP contribution is -2.49. The zero-order chi connectivity index (χ0) is 17.4. The van der Waals surface area contributed by atoms with E-state index in [1.165, 1.54) is 6.20 Å². The molecular weight excluding hydrogens is 320 g/mol. The maximum atomic E-state index is 12.5. The van der Waals surface area contributed by atoms with E-state index in [-0.39, 0.29) is 5.91 Å². The number of piperazine rings is 1. The molecule has 9 heteroatoms. The molecule has 9 nitrogen and oxygen atoms in total. The third-order valence-corrected chi connectivity index (χ3v) is 4.35. The number of anilines is 1. The Morgan fingerprint density at radius 2 is 1.80 bits per heavy atom. The van der Waals surface area contributed by atoms with Gasteiger partial charge < -0.3 is 9.80 Å². The Bertz CT molecular complexity index is 912. The Kier molecular flexibility index (Phi) is 3.75. The van der Waals surface area contributed by atoms with Gasteiger partial charge in [0.2, 0.25) is 5.65 Å². The van der Waals surface area contributed by atoms with Gasteiger partial charge in [-0.1, -0.05) is 0 Å². The zero-order valence-corrected chi connectivity index (χ0v) is 14.1. The highest BCUT2D eigenvalue weighted by Crippen LogP contribution is 2.19. The van der Waals surface area contributed by atoms with E-state index >= 15 is 0 Å². The number of fused-ring (bicyclic) bond motifs is 1. The lowest BCUT2D eigenvalue weighted by molar-refractivity contribution is 0.0740. The van der Waals surface area contributed by atoms with Gasteiger partial charge in [-0.05, 0) is 13.8 Å². The lowest BCUT2D eigenvalue weighted by atomic mass is 10.2. The number of carbonyl (C=O) groups excluding carboxylic acids is 1. The van der Waals surface area contributed by atoms with Gasteiger partial charge in [-0.2, -0.15) is 0 Å². The topological polar surface area (TPSA) is 92.4 Å². The van der Waals surface area contributed by atoms with Crippen LogP contribution in [0.1, 0.15) is 22.0 Å². The summed E-state index contributed by atoms with van der Waals surface area (Å²) in [6, 6.07) is 0. The second-order valence-corrected chi connectivity index (χ2v) is 6.01. The Hall–Kier alpha value is -3.10. The van der Waals surface area contributed by atoms with Gasteiger partial charge in [0, 0.05) is 44.8 Å². The SMILES string of the molecule is Cc1cnc(C(=O)N2CCN(c3nccn4c(C)nnc34)CC2)cn1. The predicted octanol–water partition coefficient (Wildman–Crippen LogP) is 0.494. The second-order valence-electron chi connectivity index (χ2n) is 6.01. The summed E-state index contributed by atoms with van der Waals surface area (Å²) in [5.41, 5.74) is 1.92.